The van der Waals surface area contributed by atoms with Crippen LogP contribution in [0.5, 0.6) is 0 Å². The summed E-state index contributed by atoms with van der Waals surface area (Å²) in [6.07, 6.45) is 9.52. The van der Waals surface area contributed by atoms with Gasteiger partial charge in [0.15, 0.2) is 0 Å². The molecular formula is C16H30O2. The van der Waals surface area contributed by atoms with E-state index in [9.17, 15) is 4.79 Å². The first kappa shape index (κ1) is 17.2. The third kappa shape index (κ3) is 7.52. The molecule has 0 aliphatic heterocycles. The zero-order chi connectivity index (χ0) is 13.8. The average molecular weight is 254 g/mol. The second kappa shape index (κ2) is 11.3. The number of carbonyl (C=O) groups excluding carboxylic acids is 1. The van der Waals surface area contributed by atoms with Crippen LogP contribution in [0.2, 0.25) is 0 Å². The standard InChI is InChI=1S/C16H30O2/c1-5-9-11-14(7-3)13-18-16(17)15(8-4)12-10-6-2/h12,14H,5-11,13H2,1-4H3. The van der Waals surface area contributed by atoms with Crippen LogP contribution in [0.15, 0.2) is 11.6 Å². The van der Waals surface area contributed by atoms with Crippen LogP contribution in [-0.2, 0) is 9.53 Å². The zero-order valence-electron chi connectivity index (χ0n) is 12.6. The lowest BCUT2D eigenvalue weighted by Gasteiger charge is -2.15. The van der Waals surface area contributed by atoms with E-state index in [-0.39, 0.29) is 5.97 Å². The Balaban J connectivity index is 4.12. The fraction of sp³-hybridized carbons (Fsp3) is 0.812. The Kier molecular flexibility index (Phi) is 10.8. The van der Waals surface area contributed by atoms with Gasteiger partial charge in [0.25, 0.3) is 0 Å². The normalized spacial score (nSPS) is 13.4. The Bertz CT molecular complexity index is 243. The van der Waals surface area contributed by atoms with Crippen LogP contribution < -0.4 is 0 Å². The second-order valence-corrected chi connectivity index (χ2v) is 4.89. The summed E-state index contributed by atoms with van der Waals surface area (Å²) < 4.78 is 5.43. The highest BCUT2D eigenvalue weighted by Crippen LogP contribution is 2.14. The van der Waals surface area contributed by atoms with Crippen molar-refractivity contribution in [2.45, 2.75) is 72.6 Å². The molecule has 0 saturated heterocycles. The van der Waals surface area contributed by atoms with E-state index >= 15 is 0 Å². The molecule has 0 aliphatic rings. The molecule has 0 N–H and O–H groups in total. The second-order valence-electron chi connectivity index (χ2n) is 4.89. The molecule has 1 unspecified atom stereocenters. The highest BCUT2D eigenvalue weighted by atomic mass is 16.5. The first-order valence-electron chi connectivity index (χ1n) is 7.55. The molecular weight excluding hydrogens is 224 g/mol. The van der Waals surface area contributed by atoms with E-state index in [1.54, 1.807) is 0 Å². The van der Waals surface area contributed by atoms with Gasteiger partial charge in [-0.05, 0) is 25.2 Å². The van der Waals surface area contributed by atoms with E-state index in [4.69, 9.17) is 4.74 Å². The molecule has 18 heavy (non-hydrogen) atoms. The molecule has 0 aliphatic carbocycles. The van der Waals surface area contributed by atoms with Gasteiger partial charge in [0, 0.05) is 5.57 Å². The Morgan fingerprint density at radius 1 is 1.17 bits per heavy atom. The van der Waals surface area contributed by atoms with Crippen molar-refractivity contribution in [1.29, 1.82) is 0 Å². The lowest BCUT2D eigenvalue weighted by Crippen LogP contribution is -2.15. The predicted molar refractivity (Wildman–Crippen MR) is 77.5 cm³/mol. The summed E-state index contributed by atoms with van der Waals surface area (Å²) in [5, 5.41) is 0. The van der Waals surface area contributed by atoms with Crippen LogP contribution in [0.4, 0.5) is 0 Å². The topological polar surface area (TPSA) is 26.3 Å². The Hall–Kier alpha value is -0.790. The van der Waals surface area contributed by atoms with Gasteiger partial charge in [0.2, 0.25) is 0 Å². The molecule has 0 heterocycles. The van der Waals surface area contributed by atoms with E-state index < -0.39 is 0 Å². The molecule has 0 bridgehead atoms. The summed E-state index contributed by atoms with van der Waals surface area (Å²) in [5.74, 6) is 0.416. The Labute approximate surface area is 113 Å². The maximum absolute atomic E-state index is 11.9. The lowest BCUT2D eigenvalue weighted by atomic mass is 10.0. The van der Waals surface area contributed by atoms with Crippen molar-refractivity contribution in [3.63, 3.8) is 0 Å². The third-order valence-electron chi connectivity index (χ3n) is 3.32. The minimum absolute atomic E-state index is 0.110. The number of carbonyl (C=O) groups is 1. The highest BCUT2D eigenvalue weighted by Gasteiger charge is 2.12. The smallest absolute Gasteiger partial charge is 0.333 e. The Morgan fingerprint density at radius 2 is 1.89 bits per heavy atom. The number of hydrogen-bond acceptors (Lipinski definition) is 2. The largest absolute Gasteiger partial charge is 0.462 e. The number of ether oxygens (including phenoxy) is 1. The summed E-state index contributed by atoms with van der Waals surface area (Å²) >= 11 is 0. The summed E-state index contributed by atoms with van der Waals surface area (Å²) in [6, 6.07) is 0. The van der Waals surface area contributed by atoms with Crippen LogP contribution in [0, 0.1) is 5.92 Å². The molecule has 0 aromatic rings. The number of allylic oxidation sites excluding steroid dienone is 1. The minimum Gasteiger partial charge on any atom is -0.462 e. The number of esters is 1. The molecule has 0 saturated carbocycles. The molecule has 106 valence electrons. The quantitative estimate of drug-likeness (QED) is 0.410. The number of rotatable bonds is 10. The molecule has 0 spiro atoms. The summed E-state index contributed by atoms with van der Waals surface area (Å²) in [7, 11) is 0. The van der Waals surface area contributed by atoms with Crippen LogP contribution >= 0.6 is 0 Å². The van der Waals surface area contributed by atoms with Gasteiger partial charge in [-0.15, -0.1) is 0 Å². The van der Waals surface area contributed by atoms with Crippen molar-refractivity contribution < 1.29 is 9.53 Å². The van der Waals surface area contributed by atoms with E-state index in [1.165, 1.54) is 19.3 Å². The monoisotopic (exact) mass is 254 g/mol. The van der Waals surface area contributed by atoms with E-state index in [2.05, 4.69) is 20.8 Å². The summed E-state index contributed by atoms with van der Waals surface area (Å²) in [5.41, 5.74) is 0.835. The van der Waals surface area contributed by atoms with Gasteiger partial charge >= 0.3 is 5.97 Å². The maximum Gasteiger partial charge on any atom is 0.333 e. The van der Waals surface area contributed by atoms with E-state index in [0.717, 1.165) is 31.3 Å². The lowest BCUT2D eigenvalue weighted by molar-refractivity contribution is -0.140. The van der Waals surface area contributed by atoms with Gasteiger partial charge in [0.05, 0.1) is 6.61 Å². The Morgan fingerprint density at radius 3 is 2.39 bits per heavy atom. The molecule has 0 rings (SSSR count). The molecule has 0 radical (unpaired) electrons. The van der Waals surface area contributed by atoms with Crippen LogP contribution in [0.3, 0.4) is 0 Å². The average Bonchev–Trinajstić information content (AvgIpc) is 2.39. The van der Waals surface area contributed by atoms with Crippen molar-refractivity contribution in [3.05, 3.63) is 11.6 Å². The van der Waals surface area contributed by atoms with Crippen LogP contribution in [0.1, 0.15) is 72.6 Å². The van der Waals surface area contributed by atoms with Crippen LogP contribution in [0.25, 0.3) is 0 Å². The molecule has 0 amide bonds. The van der Waals surface area contributed by atoms with E-state index in [1.807, 2.05) is 13.0 Å². The van der Waals surface area contributed by atoms with Gasteiger partial charge in [-0.25, -0.2) is 4.79 Å². The summed E-state index contributed by atoms with van der Waals surface area (Å²) in [6.45, 7) is 9.08. The van der Waals surface area contributed by atoms with Gasteiger partial charge in [0.1, 0.15) is 0 Å². The van der Waals surface area contributed by atoms with Crippen molar-refractivity contribution in [3.8, 4) is 0 Å². The minimum atomic E-state index is -0.110. The first-order valence-corrected chi connectivity index (χ1v) is 7.55. The third-order valence-corrected chi connectivity index (χ3v) is 3.32. The number of unbranched alkanes of at least 4 members (excludes halogenated alkanes) is 2. The van der Waals surface area contributed by atoms with Gasteiger partial charge in [-0.2, -0.15) is 0 Å². The number of hydrogen-bond donors (Lipinski definition) is 0. The maximum atomic E-state index is 11.9. The van der Waals surface area contributed by atoms with Crippen LogP contribution in [-0.4, -0.2) is 12.6 Å². The molecule has 0 aromatic heterocycles. The molecule has 1 atom stereocenters. The molecule has 2 heteroatoms. The summed E-state index contributed by atoms with van der Waals surface area (Å²) in [4.78, 5) is 11.9. The van der Waals surface area contributed by atoms with Gasteiger partial charge in [-0.3, -0.25) is 0 Å². The van der Waals surface area contributed by atoms with Crippen molar-refractivity contribution >= 4 is 5.97 Å². The van der Waals surface area contributed by atoms with E-state index in [0.29, 0.717) is 12.5 Å². The molecule has 0 aromatic carbocycles. The van der Waals surface area contributed by atoms with Crippen molar-refractivity contribution in [2.24, 2.45) is 5.92 Å². The van der Waals surface area contributed by atoms with Crippen molar-refractivity contribution in [1.82, 2.24) is 0 Å². The highest BCUT2D eigenvalue weighted by molar-refractivity contribution is 5.88. The fourth-order valence-corrected chi connectivity index (χ4v) is 1.87. The van der Waals surface area contributed by atoms with Gasteiger partial charge < -0.3 is 4.74 Å². The zero-order valence-corrected chi connectivity index (χ0v) is 12.6. The van der Waals surface area contributed by atoms with Crippen molar-refractivity contribution in [2.75, 3.05) is 6.61 Å². The first-order chi connectivity index (χ1) is 8.69. The molecule has 0 fully saturated rings. The SMILES string of the molecule is CCCC=C(CC)C(=O)OCC(CC)CCCC. The molecule has 2 nitrogen and oxygen atoms in total. The van der Waals surface area contributed by atoms with Gasteiger partial charge in [-0.1, -0.05) is 59.5 Å². The fourth-order valence-electron chi connectivity index (χ4n) is 1.87. The predicted octanol–water partition coefficient (Wildman–Crippen LogP) is 4.88.